The van der Waals surface area contributed by atoms with E-state index in [1.165, 1.54) is 0 Å². The van der Waals surface area contributed by atoms with Crippen LogP contribution >= 0.6 is 0 Å². The average molecular weight is 215 g/mol. The summed E-state index contributed by atoms with van der Waals surface area (Å²) in [6.07, 6.45) is 1.62. The summed E-state index contributed by atoms with van der Waals surface area (Å²) in [4.78, 5) is 4.17. The van der Waals surface area contributed by atoms with Gasteiger partial charge in [-0.3, -0.25) is 4.98 Å². The molecule has 0 aromatic carbocycles. The zero-order valence-electron chi connectivity index (χ0n) is 7.86. The van der Waals surface area contributed by atoms with Gasteiger partial charge in [0.05, 0.1) is 0 Å². The van der Waals surface area contributed by atoms with Crippen LogP contribution in [-0.2, 0) is 0 Å². The van der Waals surface area contributed by atoms with Crippen molar-refractivity contribution in [3.05, 3.63) is 18.3 Å². The largest absolute Gasteiger partial charge is 0.252 e. The second kappa shape index (κ2) is 3.46. The molecule has 0 atom stereocenters. The van der Waals surface area contributed by atoms with Gasteiger partial charge in [-0.1, -0.05) is 0 Å². The first kappa shape index (κ1) is 8.59. The van der Waals surface area contributed by atoms with Crippen LogP contribution < -0.4 is 0 Å². The number of pyridine rings is 1. The molecule has 9 heteroatoms. The minimum atomic E-state index is 0.444. The highest BCUT2D eigenvalue weighted by atomic mass is 15.5. The molecule has 3 rings (SSSR count). The number of nitrogens with one attached hydrogen (secondary N) is 2. The normalized spacial score (nSPS) is 10.5. The Morgan fingerprint density at radius 2 is 1.62 bits per heavy atom. The van der Waals surface area contributed by atoms with Crippen LogP contribution in [0.1, 0.15) is 0 Å². The molecule has 3 aromatic heterocycles. The second-order valence-electron chi connectivity index (χ2n) is 2.90. The maximum absolute atomic E-state index is 4.17. The number of tetrazole rings is 2. The predicted octanol–water partition coefficient (Wildman–Crippen LogP) is -0.558. The van der Waals surface area contributed by atoms with Gasteiger partial charge in [-0.25, -0.2) is 0 Å². The molecule has 9 nitrogen and oxygen atoms in total. The Morgan fingerprint density at radius 1 is 0.875 bits per heavy atom. The molecule has 0 saturated heterocycles. The summed E-state index contributed by atoms with van der Waals surface area (Å²) in [5.41, 5.74) is 1.39. The van der Waals surface area contributed by atoms with Crippen molar-refractivity contribution in [3.63, 3.8) is 0 Å². The smallest absolute Gasteiger partial charge is 0.222 e. The van der Waals surface area contributed by atoms with Gasteiger partial charge in [0.2, 0.25) is 11.6 Å². The summed E-state index contributed by atoms with van der Waals surface area (Å²) < 4.78 is 0. The first-order valence-corrected chi connectivity index (χ1v) is 4.37. The van der Waals surface area contributed by atoms with Crippen LogP contribution in [0.25, 0.3) is 22.9 Å². The van der Waals surface area contributed by atoms with Crippen LogP contribution in [-0.4, -0.2) is 46.2 Å². The zero-order valence-corrected chi connectivity index (χ0v) is 7.86. The molecule has 78 valence electrons. The molecule has 0 aliphatic carbocycles. The predicted molar refractivity (Wildman–Crippen MR) is 50.6 cm³/mol. The van der Waals surface area contributed by atoms with E-state index >= 15 is 0 Å². The Labute approximate surface area is 88.3 Å². The second-order valence-corrected chi connectivity index (χ2v) is 2.90. The maximum Gasteiger partial charge on any atom is 0.222 e. The monoisotopic (exact) mass is 215 g/mol. The molecular formula is C7H5N9. The van der Waals surface area contributed by atoms with Gasteiger partial charge in [0.1, 0.15) is 5.69 Å². The first-order valence-electron chi connectivity index (χ1n) is 4.37. The van der Waals surface area contributed by atoms with Crippen LogP contribution in [0.5, 0.6) is 0 Å². The van der Waals surface area contributed by atoms with Gasteiger partial charge in [-0.2, -0.15) is 10.4 Å². The number of hydrogen-bond donors (Lipinski definition) is 2. The third-order valence-electron chi connectivity index (χ3n) is 1.94. The summed E-state index contributed by atoms with van der Waals surface area (Å²) in [6.45, 7) is 0. The van der Waals surface area contributed by atoms with E-state index in [0.29, 0.717) is 17.3 Å². The van der Waals surface area contributed by atoms with Crippen LogP contribution in [0.3, 0.4) is 0 Å². The molecule has 16 heavy (non-hydrogen) atoms. The Morgan fingerprint density at radius 3 is 2.19 bits per heavy atom. The molecule has 2 N–H and O–H groups in total. The zero-order chi connectivity index (χ0) is 10.8. The van der Waals surface area contributed by atoms with E-state index in [-0.39, 0.29) is 0 Å². The minimum absolute atomic E-state index is 0.444. The maximum atomic E-state index is 4.17. The Hall–Kier alpha value is -2.71. The lowest BCUT2D eigenvalue weighted by atomic mass is 10.2. The van der Waals surface area contributed by atoms with Crippen LogP contribution in [0.4, 0.5) is 0 Å². The van der Waals surface area contributed by atoms with Gasteiger partial charge in [0, 0.05) is 11.8 Å². The van der Waals surface area contributed by atoms with Crippen molar-refractivity contribution in [2.24, 2.45) is 0 Å². The molecular weight excluding hydrogens is 210 g/mol. The lowest BCUT2D eigenvalue weighted by Crippen LogP contribution is -1.88. The third kappa shape index (κ3) is 1.39. The van der Waals surface area contributed by atoms with Crippen LogP contribution in [0, 0.1) is 0 Å². The fourth-order valence-corrected chi connectivity index (χ4v) is 1.21. The SMILES string of the molecule is c1cc(-c2nn[nH]n2)ncc1-c1nn[nH]n1. The van der Waals surface area contributed by atoms with Gasteiger partial charge in [-0.15, -0.1) is 20.4 Å². The molecule has 0 bridgehead atoms. The summed E-state index contributed by atoms with van der Waals surface area (Å²) in [5.74, 6) is 0.937. The van der Waals surface area contributed by atoms with E-state index < -0.39 is 0 Å². The van der Waals surface area contributed by atoms with Gasteiger partial charge < -0.3 is 0 Å². The topological polar surface area (TPSA) is 122 Å². The quantitative estimate of drug-likeness (QED) is 0.587. The average Bonchev–Trinajstić information content (AvgIpc) is 3.03. The summed E-state index contributed by atoms with van der Waals surface area (Å²) in [5, 5.41) is 27.0. The molecule has 0 aliphatic rings. The summed E-state index contributed by atoms with van der Waals surface area (Å²) in [7, 11) is 0. The highest BCUT2D eigenvalue weighted by Crippen LogP contribution is 2.15. The number of aromatic amines is 2. The van der Waals surface area contributed by atoms with E-state index in [1.54, 1.807) is 12.3 Å². The highest BCUT2D eigenvalue weighted by Gasteiger charge is 2.06. The summed E-state index contributed by atoms with van der Waals surface area (Å²) >= 11 is 0. The number of H-pyrrole nitrogens is 2. The summed E-state index contributed by atoms with van der Waals surface area (Å²) in [6, 6.07) is 3.57. The lowest BCUT2D eigenvalue weighted by Gasteiger charge is -1.95. The highest BCUT2D eigenvalue weighted by molar-refractivity contribution is 5.57. The molecule has 0 amide bonds. The van der Waals surface area contributed by atoms with Crippen molar-refractivity contribution in [2.45, 2.75) is 0 Å². The molecule has 0 saturated carbocycles. The van der Waals surface area contributed by atoms with Gasteiger partial charge in [-0.05, 0) is 22.6 Å². The van der Waals surface area contributed by atoms with Crippen LogP contribution in [0.2, 0.25) is 0 Å². The molecule has 0 aliphatic heterocycles. The fourth-order valence-electron chi connectivity index (χ4n) is 1.21. The third-order valence-corrected chi connectivity index (χ3v) is 1.94. The number of hydrogen-bond acceptors (Lipinski definition) is 7. The lowest BCUT2D eigenvalue weighted by molar-refractivity contribution is 0.881. The van der Waals surface area contributed by atoms with Crippen molar-refractivity contribution in [1.29, 1.82) is 0 Å². The van der Waals surface area contributed by atoms with Gasteiger partial charge in [0.25, 0.3) is 0 Å². The molecule has 0 fully saturated rings. The molecule has 0 spiro atoms. The van der Waals surface area contributed by atoms with E-state index in [2.05, 4.69) is 46.2 Å². The minimum Gasteiger partial charge on any atom is -0.252 e. The van der Waals surface area contributed by atoms with Crippen LogP contribution in [0.15, 0.2) is 18.3 Å². The first-order chi connectivity index (χ1) is 7.93. The van der Waals surface area contributed by atoms with E-state index in [0.717, 1.165) is 5.56 Å². The molecule has 0 unspecified atom stereocenters. The van der Waals surface area contributed by atoms with E-state index in [4.69, 9.17) is 0 Å². The van der Waals surface area contributed by atoms with Crippen molar-refractivity contribution < 1.29 is 0 Å². The Balaban J connectivity index is 1.97. The molecule has 0 radical (unpaired) electrons. The number of rotatable bonds is 2. The van der Waals surface area contributed by atoms with Crippen molar-refractivity contribution in [1.82, 2.24) is 46.2 Å². The Bertz CT molecular complexity index is 499. The number of nitrogens with zero attached hydrogens (tertiary/aromatic N) is 7. The molecule has 3 aromatic rings. The van der Waals surface area contributed by atoms with Crippen molar-refractivity contribution in [3.8, 4) is 22.9 Å². The van der Waals surface area contributed by atoms with Gasteiger partial charge in [0.15, 0.2) is 0 Å². The Kier molecular flexibility index (Phi) is 1.85. The standard InChI is InChI=1S/C7H5N9/c1-2-5(7-11-15-16-12-7)8-3-4(1)6-9-13-14-10-6/h1-3H,(H,9,10,13,14)(H,11,12,15,16). The van der Waals surface area contributed by atoms with Crippen molar-refractivity contribution in [2.75, 3.05) is 0 Å². The van der Waals surface area contributed by atoms with Crippen molar-refractivity contribution >= 4 is 0 Å². The fraction of sp³-hybridized carbons (Fsp3) is 0. The van der Waals surface area contributed by atoms with Gasteiger partial charge >= 0.3 is 0 Å². The molecule has 3 heterocycles. The van der Waals surface area contributed by atoms with E-state index in [9.17, 15) is 0 Å². The van der Waals surface area contributed by atoms with E-state index in [1.807, 2.05) is 6.07 Å². The number of aromatic nitrogens is 9.